The summed E-state index contributed by atoms with van der Waals surface area (Å²) in [5, 5.41) is -0.330. The third kappa shape index (κ3) is 5.00. The molecule has 1 aliphatic heterocycles. The second-order valence-corrected chi connectivity index (χ2v) is 8.35. The highest BCUT2D eigenvalue weighted by Crippen LogP contribution is 2.34. The lowest BCUT2D eigenvalue weighted by atomic mass is 10.2. The first-order chi connectivity index (χ1) is 15.4. The summed E-state index contributed by atoms with van der Waals surface area (Å²) in [6, 6.07) is 17.2. The van der Waals surface area contributed by atoms with Gasteiger partial charge in [-0.2, -0.15) is 0 Å². The van der Waals surface area contributed by atoms with Gasteiger partial charge in [0.25, 0.3) is 11.1 Å². The van der Waals surface area contributed by atoms with Crippen LogP contribution in [0.3, 0.4) is 0 Å². The number of halogens is 3. The van der Waals surface area contributed by atoms with E-state index < -0.39 is 17.0 Å². The number of hydrogen-bond donors (Lipinski definition) is 0. The maximum Gasteiger partial charge on any atom is 0.293 e. The lowest BCUT2D eigenvalue weighted by molar-refractivity contribution is -0.123. The molecule has 0 aromatic heterocycles. The van der Waals surface area contributed by atoms with Crippen LogP contribution in [0, 0.1) is 11.6 Å². The Morgan fingerprint density at radius 2 is 1.69 bits per heavy atom. The molecule has 0 unspecified atom stereocenters. The minimum Gasteiger partial charge on any atom is -0.489 e. The first kappa shape index (κ1) is 22.0. The molecule has 0 saturated carbocycles. The number of hydrogen-bond acceptors (Lipinski definition) is 4. The van der Waals surface area contributed by atoms with E-state index in [0.29, 0.717) is 11.3 Å². The zero-order valence-electron chi connectivity index (χ0n) is 16.6. The first-order valence-corrected chi connectivity index (χ1v) is 10.8. The summed E-state index contributed by atoms with van der Waals surface area (Å²) < 4.78 is 32.7. The average Bonchev–Trinajstić information content (AvgIpc) is 3.04. The summed E-state index contributed by atoms with van der Waals surface area (Å²) in [7, 11) is 0. The van der Waals surface area contributed by atoms with Crippen LogP contribution >= 0.6 is 23.4 Å². The molecule has 0 radical (unpaired) electrons. The fraction of sp³-hybridized carbons (Fsp3) is 0.0833. The highest BCUT2D eigenvalue weighted by molar-refractivity contribution is 8.18. The number of rotatable bonds is 6. The predicted octanol–water partition coefficient (Wildman–Crippen LogP) is 6.43. The van der Waals surface area contributed by atoms with Crippen molar-refractivity contribution in [3.8, 4) is 5.75 Å². The summed E-state index contributed by atoms with van der Waals surface area (Å²) in [4.78, 5) is 26.2. The summed E-state index contributed by atoms with van der Waals surface area (Å²) in [6.45, 7) is 0.0563. The number of thioether (sulfide) groups is 1. The van der Waals surface area contributed by atoms with Crippen molar-refractivity contribution in [3.63, 3.8) is 0 Å². The molecule has 2 amide bonds. The van der Waals surface area contributed by atoms with E-state index in [4.69, 9.17) is 16.3 Å². The van der Waals surface area contributed by atoms with Crippen LogP contribution in [-0.2, 0) is 17.9 Å². The van der Waals surface area contributed by atoms with Crippen molar-refractivity contribution in [1.29, 1.82) is 0 Å². The molecule has 1 aliphatic rings. The Kier molecular flexibility index (Phi) is 6.58. The number of amides is 2. The van der Waals surface area contributed by atoms with Crippen LogP contribution in [0.4, 0.5) is 13.6 Å². The molecule has 4 nitrogen and oxygen atoms in total. The van der Waals surface area contributed by atoms with E-state index in [1.165, 1.54) is 30.3 Å². The molecule has 1 heterocycles. The monoisotopic (exact) mass is 471 g/mol. The Morgan fingerprint density at radius 3 is 2.38 bits per heavy atom. The molecule has 0 bridgehead atoms. The Bertz CT molecular complexity index is 1180. The molecule has 0 aliphatic carbocycles. The summed E-state index contributed by atoms with van der Waals surface area (Å²) in [5.41, 5.74) is 1.63. The second-order valence-electron chi connectivity index (χ2n) is 6.95. The van der Waals surface area contributed by atoms with Gasteiger partial charge in [-0.1, -0.05) is 41.9 Å². The SMILES string of the molecule is O=C1S/C(=C\c2ccc(OCc3ccc(F)cc3)cc2)C(=O)N1Cc1c(F)cccc1Cl. The predicted molar refractivity (Wildman–Crippen MR) is 120 cm³/mol. The number of carbonyl (C=O) groups is 2. The molecule has 8 heteroatoms. The number of nitrogens with zero attached hydrogens (tertiary/aromatic N) is 1. The van der Waals surface area contributed by atoms with Gasteiger partial charge in [0.15, 0.2) is 0 Å². The van der Waals surface area contributed by atoms with E-state index in [2.05, 4.69) is 0 Å². The Balaban J connectivity index is 1.42. The van der Waals surface area contributed by atoms with Crippen LogP contribution in [0.1, 0.15) is 16.7 Å². The highest BCUT2D eigenvalue weighted by atomic mass is 35.5. The van der Waals surface area contributed by atoms with Gasteiger partial charge in [-0.3, -0.25) is 14.5 Å². The van der Waals surface area contributed by atoms with Crippen LogP contribution in [0.5, 0.6) is 5.75 Å². The number of carbonyl (C=O) groups excluding carboxylic acids is 2. The van der Waals surface area contributed by atoms with Crippen molar-refractivity contribution >= 4 is 40.6 Å². The molecule has 32 heavy (non-hydrogen) atoms. The second kappa shape index (κ2) is 9.54. The summed E-state index contributed by atoms with van der Waals surface area (Å²) >= 11 is 6.81. The van der Waals surface area contributed by atoms with Gasteiger partial charge in [-0.25, -0.2) is 8.78 Å². The third-order valence-electron chi connectivity index (χ3n) is 4.75. The van der Waals surface area contributed by atoms with Gasteiger partial charge >= 0.3 is 0 Å². The maximum atomic E-state index is 14.0. The van der Waals surface area contributed by atoms with E-state index in [0.717, 1.165) is 22.2 Å². The van der Waals surface area contributed by atoms with E-state index >= 15 is 0 Å². The molecule has 0 spiro atoms. The van der Waals surface area contributed by atoms with Crippen molar-refractivity contribution in [3.05, 3.63) is 105 Å². The molecule has 0 atom stereocenters. The fourth-order valence-corrected chi connectivity index (χ4v) is 4.10. The van der Waals surface area contributed by atoms with Crippen molar-refractivity contribution in [2.24, 2.45) is 0 Å². The van der Waals surface area contributed by atoms with Crippen LogP contribution in [-0.4, -0.2) is 16.0 Å². The quantitative estimate of drug-likeness (QED) is 0.388. The zero-order valence-corrected chi connectivity index (χ0v) is 18.1. The molecule has 3 aromatic carbocycles. The molecule has 162 valence electrons. The number of imide groups is 1. The van der Waals surface area contributed by atoms with Crippen LogP contribution in [0.2, 0.25) is 5.02 Å². The summed E-state index contributed by atoms with van der Waals surface area (Å²) in [5.74, 6) is -0.777. The van der Waals surface area contributed by atoms with Crippen molar-refractivity contribution in [2.75, 3.05) is 0 Å². The van der Waals surface area contributed by atoms with E-state index in [1.54, 1.807) is 42.5 Å². The zero-order chi connectivity index (χ0) is 22.7. The van der Waals surface area contributed by atoms with Gasteiger partial charge in [0, 0.05) is 10.6 Å². The van der Waals surface area contributed by atoms with Gasteiger partial charge in [-0.15, -0.1) is 0 Å². The van der Waals surface area contributed by atoms with E-state index in [9.17, 15) is 18.4 Å². The summed E-state index contributed by atoms with van der Waals surface area (Å²) in [6.07, 6.45) is 1.59. The largest absolute Gasteiger partial charge is 0.489 e. The van der Waals surface area contributed by atoms with Crippen molar-refractivity contribution < 1.29 is 23.1 Å². The molecule has 4 rings (SSSR count). The maximum absolute atomic E-state index is 14.0. The van der Waals surface area contributed by atoms with E-state index in [-0.39, 0.29) is 34.5 Å². The molecule has 0 N–H and O–H groups in total. The smallest absolute Gasteiger partial charge is 0.293 e. The Hall–Kier alpha value is -3.16. The fourth-order valence-electron chi connectivity index (χ4n) is 3.04. The van der Waals surface area contributed by atoms with Gasteiger partial charge in [0.2, 0.25) is 0 Å². The van der Waals surface area contributed by atoms with E-state index in [1.807, 2.05) is 0 Å². The normalized spacial score (nSPS) is 15.0. The van der Waals surface area contributed by atoms with Gasteiger partial charge in [0.05, 0.1) is 11.4 Å². The standard InChI is InChI=1S/C24H16ClF2NO3S/c25-20-2-1-3-21(27)19(20)13-28-23(29)22(32-24(28)30)12-15-6-10-18(11-7-15)31-14-16-4-8-17(26)9-5-16/h1-12H,13-14H2/b22-12-. The van der Waals surface area contributed by atoms with Gasteiger partial charge in [0.1, 0.15) is 24.0 Å². The Morgan fingerprint density at radius 1 is 0.969 bits per heavy atom. The molecular weight excluding hydrogens is 456 g/mol. The van der Waals surface area contributed by atoms with Gasteiger partial charge in [-0.05, 0) is 65.4 Å². The molecule has 1 saturated heterocycles. The van der Waals surface area contributed by atoms with Crippen molar-refractivity contribution in [1.82, 2.24) is 4.90 Å². The lowest BCUT2D eigenvalue weighted by Crippen LogP contribution is -2.28. The number of benzene rings is 3. The van der Waals surface area contributed by atoms with Crippen molar-refractivity contribution in [2.45, 2.75) is 13.2 Å². The van der Waals surface area contributed by atoms with Gasteiger partial charge < -0.3 is 4.74 Å². The minimum absolute atomic E-state index is 0.0976. The Labute approximate surface area is 192 Å². The number of ether oxygens (including phenoxy) is 1. The minimum atomic E-state index is -0.572. The molecule has 3 aromatic rings. The van der Waals surface area contributed by atoms with Crippen LogP contribution in [0.15, 0.2) is 71.6 Å². The highest BCUT2D eigenvalue weighted by Gasteiger charge is 2.35. The van der Waals surface area contributed by atoms with Crippen LogP contribution < -0.4 is 4.74 Å². The topological polar surface area (TPSA) is 46.6 Å². The molecule has 1 fully saturated rings. The molecular formula is C24H16ClF2NO3S. The lowest BCUT2D eigenvalue weighted by Gasteiger charge is -2.14. The average molecular weight is 472 g/mol. The third-order valence-corrected chi connectivity index (χ3v) is 6.01. The van der Waals surface area contributed by atoms with Crippen LogP contribution in [0.25, 0.3) is 6.08 Å². The first-order valence-electron chi connectivity index (χ1n) is 9.56.